The Labute approximate surface area is 114 Å². The van der Waals surface area contributed by atoms with E-state index in [1.165, 1.54) is 12.1 Å². The Balaban J connectivity index is 2.13. The number of amides is 1. The summed E-state index contributed by atoms with van der Waals surface area (Å²) in [7, 11) is 0. The van der Waals surface area contributed by atoms with Crippen molar-refractivity contribution in [2.75, 3.05) is 11.6 Å². The molecule has 19 heavy (non-hydrogen) atoms. The number of aromatic hydroxyl groups is 1. The number of hydrogen-bond acceptors (Lipinski definition) is 3. The highest BCUT2D eigenvalue weighted by molar-refractivity contribution is 7.98. The quantitative estimate of drug-likeness (QED) is 0.667. The lowest BCUT2D eigenvalue weighted by molar-refractivity contribution is 0.102. The van der Waals surface area contributed by atoms with Gasteiger partial charge in [-0.25, -0.2) is 4.39 Å². The normalized spacial score (nSPS) is 10.2. The molecule has 0 saturated heterocycles. The number of phenolic OH excluding ortho intramolecular Hbond substituents is 1. The maximum absolute atomic E-state index is 13.1. The second-order valence-corrected chi connectivity index (χ2v) is 4.73. The molecule has 0 aliphatic rings. The van der Waals surface area contributed by atoms with E-state index in [0.29, 0.717) is 11.3 Å². The summed E-state index contributed by atoms with van der Waals surface area (Å²) in [5.41, 5.74) is 0.792. The molecule has 0 aromatic heterocycles. The van der Waals surface area contributed by atoms with Gasteiger partial charge in [0.05, 0.1) is 0 Å². The largest absolute Gasteiger partial charge is 0.505 e. The van der Waals surface area contributed by atoms with Crippen LogP contribution in [0.15, 0.2) is 47.4 Å². The van der Waals surface area contributed by atoms with Crippen LogP contribution >= 0.6 is 11.8 Å². The van der Waals surface area contributed by atoms with Crippen molar-refractivity contribution in [1.82, 2.24) is 0 Å². The number of nitrogens with one attached hydrogen (secondary N) is 1. The van der Waals surface area contributed by atoms with Crippen molar-refractivity contribution in [3.8, 4) is 5.75 Å². The summed E-state index contributed by atoms with van der Waals surface area (Å²) in [6.07, 6.45) is 1.95. The van der Waals surface area contributed by atoms with E-state index >= 15 is 0 Å². The molecule has 98 valence electrons. The first kappa shape index (κ1) is 13.4. The minimum absolute atomic E-state index is 0.300. The van der Waals surface area contributed by atoms with Gasteiger partial charge in [0.25, 0.3) is 5.91 Å². The number of carbonyl (C=O) groups is 1. The summed E-state index contributed by atoms with van der Waals surface area (Å²) in [6.45, 7) is 0. The highest BCUT2D eigenvalue weighted by atomic mass is 32.2. The molecule has 0 atom stereocenters. The molecule has 5 heteroatoms. The monoisotopic (exact) mass is 277 g/mol. The molecule has 0 unspecified atom stereocenters. The first-order valence-electron chi connectivity index (χ1n) is 5.54. The molecular weight excluding hydrogens is 265 g/mol. The SMILES string of the molecule is CSc1ccc(C(=O)Nc2ccc(O)c(F)c2)cc1. The fourth-order valence-electron chi connectivity index (χ4n) is 1.53. The standard InChI is InChI=1S/C14H12FNO2S/c1-19-11-5-2-9(3-6-11)14(18)16-10-4-7-13(17)12(15)8-10/h2-8,17H,1H3,(H,16,18). The van der Waals surface area contributed by atoms with E-state index in [1.807, 2.05) is 18.4 Å². The molecule has 2 rings (SSSR count). The van der Waals surface area contributed by atoms with Crippen LogP contribution in [0.1, 0.15) is 10.4 Å². The van der Waals surface area contributed by atoms with Crippen LogP contribution in [0.2, 0.25) is 0 Å². The number of thioether (sulfide) groups is 1. The molecule has 0 spiro atoms. The number of benzene rings is 2. The van der Waals surface area contributed by atoms with Gasteiger partial charge >= 0.3 is 0 Å². The molecule has 2 aromatic carbocycles. The summed E-state index contributed by atoms with van der Waals surface area (Å²) in [4.78, 5) is 13.0. The van der Waals surface area contributed by atoms with Crippen LogP contribution in [0.25, 0.3) is 0 Å². The van der Waals surface area contributed by atoms with Crippen molar-refractivity contribution < 1.29 is 14.3 Å². The Hall–Kier alpha value is -2.01. The molecule has 3 nitrogen and oxygen atoms in total. The number of halogens is 1. The van der Waals surface area contributed by atoms with Gasteiger partial charge in [0.1, 0.15) is 0 Å². The van der Waals surface area contributed by atoms with Crippen LogP contribution in [0, 0.1) is 5.82 Å². The zero-order chi connectivity index (χ0) is 13.8. The van der Waals surface area contributed by atoms with Crippen molar-refractivity contribution in [3.05, 3.63) is 53.8 Å². The third kappa shape index (κ3) is 3.26. The van der Waals surface area contributed by atoms with Crippen molar-refractivity contribution in [2.24, 2.45) is 0 Å². The van der Waals surface area contributed by atoms with E-state index in [9.17, 15) is 9.18 Å². The molecule has 0 radical (unpaired) electrons. The lowest BCUT2D eigenvalue weighted by Gasteiger charge is -2.06. The van der Waals surface area contributed by atoms with Crippen LogP contribution in [0.4, 0.5) is 10.1 Å². The zero-order valence-electron chi connectivity index (χ0n) is 10.2. The fourth-order valence-corrected chi connectivity index (χ4v) is 1.94. The van der Waals surface area contributed by atoms with Crippen LogP contribution < -0.4 is 5.32 Å². The Morgan fingerprint density at radius 3 is 2.47 bits per heavy atom. The topological polar surface area (TPSA) is 49.3 Å². The summed E-state index contributed by atoms with van der Waals surface area (Å²) >= 11 is 1.59. The van der Waals surface area contributed by atoms with Crippen LogP contribution in [-0.2, 0) is 0 Å². The van der Waals surface area contributed by atoms with Gasteiger partial charge in [-0.3, -0.25) is 4.79 Å². The van der Waals surface area contributed by atoms with E-state index in [2.05, 4.69) is 5.32 Å². The van der Waals surface area contributed by atoms with Crippen LogP contribution in [0.5, 0.6) is 5.75 Å². The van der Waals surface area contributed by atoms with Gasteiger partial charge in [-0.1, -0.05) is 0 Å². The predicted molar refractivity (Wildman–Crippen MR) is 74.2 cm³/mol. The molecule has 1 amide bonds. The van der Waals surface area contributed by atoms with Gasteiger partial charge in [0, 0.05) is 22.2 Å². The van der Waals surface area contributed by atoms with Crippen molar-refractivity contribution in [1.29, 1.82) is 0 Å². The molecule has 0 aliphatic heterocycles. The van der Waals surface area contributed by atoms with Crippen LogP contribution in [-0.4, -0.2) is 17.3 Å². The number of hydrogen-bond donors (Lipinski definition) is 2. The maximum atomic E-state index is 13.1. The minimum Gasteiger partial charge on any atom is -0.505 e. The van der Waals surface area contributed by atoms with Crippen LogP contribution in [0.3, 0.4) is 0 Å². The molecular formula is C14H12FNO2S. The van der Waals surface area contributed by atoms with Gasteiger partial charge in [0.2, 0.25) is 0 Å². The smallest absolute Gasteiger partial charge is 0.255 e. The summed E-state index contributed by atoms with van der Waals surface area (Å²) in [5, 5.41) is 11.6. The Bertz CT molecular complexity index is 599. The minimum atomic E-state index is -0.768. The summed E-state index contributed by atoms with van der Waals surface area (Å²) < 4.78 is 13.1. The van der Waals surface area contributed by atoms with Gasteiger partial charge in [-0.05, 0) is 42.7 Å². The van der Waals surface area contributed by atoms with E-state index in [-0.39, 0.29) is 5.91 Å². The average Bonchev–Trinajstić information content (AvgIpc) is 2.43. The highest BCUT2D eigenvalue weighted by Crippen LogP contribution is 2.20. The first-order valence-corrected chi connectivity index (χ1v) is 6.76. The third-order valence-electron chi connectivity index (χ3n) is 2.56. The summed E-state index contributed by atoms with van der Waals surface area (Å²) in [5.74, 6) is -1.53. The average molecular weight is 277 g/mol. The van der Waals surface area contributed by atoms with Crippen molar-refractivity contribution in [3.63, 3.8) is 0 Å². The molecule has 0 fully saturated rings. The van der Waals surface area contributed by atoms with Gasteiger partial charge < -0.3 is 10.4 Å². The lowest BCUT2D eigenvalue weighted by atomic mass is 10.2. The first-order chi connectivity index (χ1) is 9.10. The Morgan fingerprint density at radius 2 is 1.89 bits per heavy atom. The van der Waals surface area contributed by atoms with Gasteiger partial charge in [0.15, 0.2) is 11.6 Å². The van der Waals surface area contributed by atoms with Crippen molar-refractivity contribution >= 4 is 23.4 Å². The molecule has 0 heterocycles. The molecule has 2 aromatic rings. The number of anilines is 1. The maximum Gasteiger partial charge on any atom is 0.255 e. The molecule has 0 aliphatic carbocycles. The van der Waals surface area contributed by atoms with E-state index < -0.39 is 11.6 Å². The fraction of sp³-hybridized carbons (Fsp3) is 0.0714. The van der Waals surface area contributed by atoms with Crippen molar-refractivity contribution in [2.45, 2.75) is 4.90 Å². The molecule has 2 N–H and O–H groups in total. The third-order valence-corrected chi connectivity index (χ3v) is 3.30. The second kappa shape index (κ2) is 5.75. The molecule has 0 saturated carbocycles. The second-order valence-electron chi connectivity index (χ2n) is 3.85. The predicted octanol–water partition coefficient (Wildman–Crippen LogP) is 3.51. The van der Waals surface area contributed by atoms with E-state index in [1.54, 1.807) is 23.9 Å². The zero-order valence-corrected chi connectivity index (χ0v) is 11.0. The Kier molecular flexibility index (Phi) is 4.06. The number of carbonyl (C=O) groups excluding carboxylic acids is 1. The number of phenols is 1. The Morgan fingerprint density at radius 1 is 1.21 bits per heavy atom. The lowest BCUT2D eigenvalue weighted by Crippen LogP contribution is -2.11. The van der Waals surface area contributed by atoms with E-state index in [0.717, 1.165) is 11.0 Å². The highest BCUT2D eigenvalue weighted by Gasteiger charge is 2.08. The molecule has 0 bridgehead atoms. The van der Waals surface area contributed by atoms with Gasteiger partial charge in [-0.2, -0.15) is 0 Å². The number of rotatable bonds is 3. The summed E-state index contributed by atoms with van der Waals surface area (Å²) in [6, 6.07) is 10.8. The van der Waals surface area contributed by atoms with Gasteiger partial charge in [-0.15, -0.1) is 11.8 Å². The van der Waals surface area contributed by atoms with E-state index in [4.69, 9.17) is 5.11 Å².